The van der Waals surface area contributed by atoms with Gasteiger partial charge in [-0.2, -0.15) is 0 Å². The molecule has 2 nitrogen and oxygen atoms in total. The van der Waals surface area contributed by atoms with Crippen molar-refractivity contribution in [3.63, 3.8) is 0 Å². The van der Waals surface area contributed by atoms with Gasteiger partial charge >= 0.3 is 0 Å². The molecule has 0 fully saturated rings. The zero-order valence-electron chi connectivity index (χ0n) is 10.3. The molecule has 0 saturated heterocycles. The van der Waals surface area contributed by atoms with Crippen LogP contribution in [-0.2, 0) is 0 Å². The van der Waals surface area contributed by atoms with Crippen LogP contribution in [0.15, 0.2) is 34.7 Å². The van der Waals surface area contributed by atoms with Gasteiger partial charge in [-0.1, -0.05) is 23.7 Å². The molecule has 0 aliphatic heterocycles. The summed E-state index contributed by atoms with van der Waals surface area (Å²) < 4.78 is 5.68. The molecule has 1 heterocycles. The molecule has 0 bridgehead atoms. The Bertz CT molecular complexity index is 519. The molecule has 1 atom stereocenters. The van der Waals surface area contributed by atoms with E-state index in [0.717, 1.165) is 27.7 Å². The third-order valence-corrected chi connectivity index (χ3v) is 3.36. The summed E-state index contributed by atoms with van der Waals surface area (Å²) in [4.78, 5) is 0. The second-order valence-electron chi connectivity index (χ2n) is 4.12. The van der Waals surface area contributed by atoms with Crippen LogP contribution < -0.4 is 5.32 Å². The lowest BCUT2D eigenvalue weighted by Crippen LogP contribution is -2.18. The summed E-state index contributed by atoms with van der Waals surface area (Å²) in [6, 6.07) is 9.95. The summed E-state index contributed by atoms with van der Waals surface area (Å²) in [5.74, 6) is 1.83. The van der Waals surface area contributed by atoms with Gasteiger partial charge in [0.25, 0.3) is 0 Å². The number of aryl methyl sites for hydroxylation is 1. The van der Waals surface area contributed by atoms with Gasteiger partial charge in [0.05, 0.1) is 6.04 Å². The number of hydrogen-bond donors (Lipinski definition) is 1. The van der Waals surface area contributed by atoms with Crippen LogP contribution in [0.5, 0.6) is 0 Å². The van der Waals surface area contributed by atoms with Crippen LogP contribution in [0.2, 0.25) is 5.02 Å². The lowest BCUT2D eigenvalue weighted by Gasteiger charge is -2.17. The van der Waals surface area contributed by atoms with E-state index in [1.54, 1.807) is 0 Å². The Labute approximate surface area is 107 Å². The van der Waals surface area contributed by atoms with Crippen LogP contribution in [0.1, 0.15) is 28.7 Å². The highest BCUT2D eigenvalue weighted by atomic mass is 35.5. The minimum Gasteiger partial charge on any atom is -0.464 e. The molecule has 2 aromatic rings. The summed E-state index contributed by atoms with van der Waals surface area (Å²) >= 11 is 6.15. The fourth-order valence-corrected chi connectivity index (χ4v) is 2.18. The fraction of sp³-hybridized carbons (Fsp3) is 0.286. The predicted molar refractivity (Wildman–Crippen MR) is 70.5 cm³/mol. The number of furan rings is 1. The van der Waals surface area contributed by atoms with Crippen molar-refractivity contribution in [3.05, 3.63) is 58.0 Å². The quantitative estimate of drug-likeness (QED) is 0.894. The maximum Gasteiger partial charge on any atom is 0.125 e. The first-order valence-electron chi connectivity index (χ1n) is 5.62. The topological polar surface area (TPSA) is 25.2 Å². The number of hydrogen-bond acceptors (Lipinski definition) is 2. The molecule has 0 amide bonds. The molecule has 0 saturated carbocycles. The van der Waals surface area contributed by atoms with Crippen molar-refractivity contribution in [2.75, 3.05) is 7.05 Å². The van der Waals surface area contributed by atoms with Crippen molar-refractivity contribution in [1.82, 2.24) is 5.32 Å². The third kappa shape index (κ3) is 2.38. The van der Waals surface area contributed by atoms with Crippen LogP contribution in [-0.4, -0.2) is 7.05 Å². The summed E-state index contributed by atoms with van der Waals surface area (Å²) in [6.45, 7) is 3.97. The molecule has 2 rings (SSSR count). The predicted octanol–water partition coefficient (Wildman–Crippen LogP) is 3.86. The fourth-order valence-electron chi connectivity index (χ4n) is 2.00. The second-order valence-corrected chi connectivity index (χ2v) is 4.53. The number of benzene rings is 1. The van der Waals surface area contributed by atoms with Crippen LogP contribution in [0.25, 0.3) is 0 Å². The minimum absolute atomic E-state index is 0.0439. The van der Waals surface area contributed by atoms with E-state index in [-0.39, 0.29) is 6.04 Å². The Morgan fingerprint density at radius 1 is 1.18 bits per heavy atom. The first kappa shape index (κ1) is 12.2. The maximum absolute atomic E-state index is 6.15. The summed E-state index contributed by atoms with van der Waals surface area (Å²) in [7, 11) is 1.92. The first-order chi connectivity index (χ1) is 8.13. The van der Waals surface area contributed by atoms with Gasteiger partial charge in [0.2, 0.25) is 0 Å². The van der Waals surface area contributed by atoms with Crippen molar-refractivity contribution in [1.29, 1.82) is 0 Å². The van der Waals surface area contributed by atoms with Gasteiger partial charge in [0.1, 0.15) is 11.5 Å². The molecule has 90 valence electrons. The zero-order chi connectivity index (χ0) is 12.4. The molecule has 1 N–H and O–H groups in total. The highest BCUT2D eigenvalue weighted by Gasteiger charge is 2.18. The van der Waals surface area contributed by atoms with Gasteiger partial charge in [-0.05, 0) is 50.2 Å². The Kier molecular flexibility index (Phi) is 3.55. The Hall–Kier alpha value is -1.25. The molecule has 1 unspecified atom stereocenters. The van der Waals surface area contributed by atoms with Gasteiger partial charge in [0, 0.05) is 5.02 Å². The normalized spacial score (nSPS) is 12.7. The van der Waals surface area contributed by atoms with E-state index in [4.69, 9.17) is 16.0 Å². The molecular weight excluding hydrogens is 234 g/mol. The van der Waals surface area contributed by atoms with Gasteiger partial charge in [-0.15, -0.1) is 0 Å². The van der Waals surface area contributed by atoms with Crippen LogP contribution >= 0.6 is 11.6 Å². The SMILES string of the molecule is CNC(c1ccc(C)o1)c1cccc(Cl)c1C. The summed E-state index contributed by atoms with van der Waals surface area (Å²) in [6.07, 6.45) is 0. The molecule has 3 heteroatoms. The van der Waals surface area contributed by atoms with Crippen molar-refractivity contribution < 1.29 is 4.42 Å². The first-order valence-corrected chi connectivity index (χ1v) is 6.00. The minimum atomic E-state index is 0.0439. The lowest BCUT2D eigenvalue weighted by molar-refractivity contribution is 0.443. The van der Waals surface area contributed by atoms with Gasteiger partial charge in [0.15, 0.2) is 0 Å². The highest BCUT2D eigenvalue weighted by Crippen LogP contribution is 2.29. The molecule has 0 aliphatic carbocycles. The van der Waals surface area contributed by atoms with Crippen LogP contribution in [0.3, 0.4) is 0 Å². The van der Waals surface area contributed by atoms with E-state index >= 15 is 0 Å². The second kappa shape index (κ2) is 4.94. The lowest BCUT2D eigenvalue weighted by atomic mass is 9.99. The van der Waals surface area contributed by atoms with Crippen molar-refractivity contribution in [2.45, 2.75) is 19.9 Å². The van der Waals surface area contributed by atoms with Crippen LogP contribution in [0.4, 0.5) is 0 Å². The standard InChI is InChI=1S/C14H16ClNO/c1-9-7-8-13(17-9)14(16-3)11-5-4-6-12(15)10(11)2/h4-8,14,16H,1-3H3. The third-order valence-electron chi connectivity index (χ3n) is 2.95. The van der Waals surface area contributed by atoms with E-state index in [0.29, 0.717) is 0 Å². The zero-order valence-corrected chi connectivity index (χ0v) is 11.0. The largest absolute Gasteiger partial charge is 0.464 e. The smallest absolute Gasteiger partial charge is 0.125 e. The maximum atomic E-state index is 6.15. The monoisotopic (exact) mass is 249 g/mol. The summed E-state index contributed by atoms with van der Waals surface area (Å²) in [5, 5.41) is 4.05. The number of rotatable bonds is 3. The van der Waals surface area contributed by atoms with Gasteiger partial charge in [-0.25, -0.2) is 0 Å². The number of nitrogens with one attached hydrogen (secondary N) is 1. The van der Waals surface area contributed by atoms with Gasteiger partial charge < -0.3 is 9.73 Å². The molecular formula is C14H16ClNO. The van der Waals surface area contributed by atoms with Crippen molar-refractivity contribution in [3.8, 4) is 0 Å². The number of halogens is 1. The molecule has 0 spiro atoms. The Morgan fingerprint density at radius 2 is 1.94 bits per heavy atom. The van der Waals surface area contributed by atoms with Gasteiger partial charge in [-0.3, -0.25) is 0 Å². The molecule has 1 aromatic heterocycles. The van der Waals surface area contributed by atoms with E-state index in [1.807, 2.05) is 45.2 Å². The molecule has 0 radical (unpaired) electrons. The van der Waals surface area contributed by atoms with E-state index in [1.165, 1.54) is 0 Å². The average Bonchev–Trinajstić information content (AvgIpc) is 2.72. The average molecular weight is 250 g/mol. The Morgan fingerprint density at radius 3 is 2.53 bits per heavy atom. The highest BCUT2D eigenvalue weighted by molar-refractivity contribution is 6.31. The van der Waals surface area contributed by atoms with Crippen molar-refractivity contribution >= 4 is 11.6 Å². The van der Waals surface area contributed by atoms with Crippen LogP contribution in [0, 0.1) is 13.8 Å². The molecule has 17 heavy (non-hydrogen) atoms. The van der Waals surface area contributed by atoms with Crippen molar-refractivity contribution in [2.24, 2.45) is 0 Å². The van der Waals surface area contributed by atoms with E-state index < -0.39 is 0 Å². The molecule has 1 aromatic carbocycles. The van der Waals surface area contributed by atoms with E-state index in [9.17, 15) is 0 Å². The molecule has 0 aliphatic rings. The summed E-state index contributed by atoms with van der Waals surface area (Å²) in [5.41, 5.74) is 2.23. The Balaban J connectivity index is 2.45. The van der Waals surface area contributed by atoms with E-state index in [2.05, 4.69) is 11.4 Å².